The Balaban J connectivity index is 1.80. The number of sulfonamides is 1. The fourth-order valence-electron chi connectivity index (χ4n) is 2.85. The van der Waals surface area contributed by atoms with E-state index in [1.807, 2.05) is 31.2 Å². The molecule has 0 aliphatic carbocycles. The molecule has 1 N–H and O–H groups in total. The molecular weight excluding hydrogens is 388 g/mol. The number of amides is 1. The summed E-state index contributed by atoms with van der Waals surface area (Å²) in [4.78, 5) is 12.7. The average Bonchev–Trinajstić information content (AvgIpc) is 3.21. The number of carbonyl (C=O) groups is 1. The molecule has 0 spiro atoms. The molecule has 1 heterocycles. The number of nitrogens with zero attached hydrogens (tertiary/aromatic N) is 1. The molecule has 6 nitrogen and oxygen atoms in total. The summed E-state index contributed by atoms with van der Waals surface area (Å²) in [7, 11) is -3.88. The van der Waals surface area contributed by atoms with E-state index < -0.39 is 15.9 Å². The highest BCUT2D eigenvalue weighted by atomic mass is 32.2. The summed E-state index contributed by atoms with van der Waals surface area (Å²) in [6.07, 6.45) is 2.38. The molecule has 0 aliphatic rings. The molecule has 0 saturated carbocycles. The van der Waals surface area contributed by atoms with E-state index in [4.69, 9.17) is 4.42 Å². The van der Waals surface area contributed by atoms with E-state index >= 15 is 0 Å². The molecule has 1 aromatic heterocycles. The Hall–Kier alpha value is -2.90. The average molecular weight is 413 g/mol. The van der Waals surface area contributed by atoms with E-state index in [1.54, 1.807) is 36.4 Å². The van der Waals surface area contributed by atoms with E-state index in [-0.39, 0.29) is 18.0 Å². The van der Waals surface area contributed by atoms with E-state index in [2.05, 4.69) is 12.2 Å². The zero-order chi connectivity index (χ0) is 20.9. The standard InChI is InChI=1S/C22H24N2O4S/c1-3-18-8-10-19(11-9-18)23-22(25)16-24(15-20-5-4-14-28-20)29(26,27)21-12-6-17(2)7-13-21/h4-14H,3,15-16H2,1-2H3,(H,23,25). The highest BCUT2D eigenvalue weighted by Crippen LogP contribution is 2.20. The molecule has 0 radical (unpaired) electrons. The maximum atomic E-state index is 13.1. The smallest absolute Gasteiger partial charge is 0.243 e. The van der Waals surface area contributed by atoms with Crippen LogP contribution in [-0.4, -0.2) is 25.2 Å². The first kappa shape index (κ1) is 20.8. The summed E-state index contributed by atoms with van der Waals surface area (Å²) in [5, 5.41) is 2.76. The van der Waals surface area contributed by atoms with Gasteiger partial charge in [0.2, 0.25) is 15.9 Å². The van der Waals surface area contributed by atoms with Gasteiger partial charge < -0.3 is 9.73 Å². The number of nitrogens with one attached hydrogen (secondary N) is 1. The highest BCUT2D eigenvalue weighted by Gasteiger charge is 2.27. The Morgan fingerprint density at radius 2 is 1.72 bits per heavy atom. The fourth-order valence-corrected chi connectivity index (χ4v) is 4.21. The highest BCUT2D eigenvalue weighted by molar-refractivity contribution is 7.89. The van der Waals surface area contributed by atoms with Gasteiger partial charge in [-0.1, -0.05) is 36.8 Å². The van der Waals surface area contributed by atoms with Gasteiger partial charge in [0.15, 0.2) is 0 Å². The molecule has 0 aliphatic heterocycles. The Morgan fingerprint density at radius 1 is 1.03 bits per heavy atom. The third-order valence-electron chi connectivity index (χ3n) is 4.54. The molecule has 0 unspecified atom stereocenters. The van der Waals surface area contributed by atoms with Crippen molar-refractivity contribution in [3.8, 4) is 0 Å². The van der Waals surface area contributed by atoms with Gasteiger partial charge in [0, 0.05) is 5.69 Å². The minimum Gasteiger partial charge on any atom is -0.468 e. The monoisotopic (exact) mass is 412 g/mol. The van der Waals surface area contributed by atoms with Crippen molar-refractivity contribution in [3.63, 3.8) is 0 Å². The maximum absolute atomic E-state index is 13.1. The van der Waals surface area contributed by atoms with Crippen LogP contribution in [0.4, 0.5) is 5.69 Å². The predicted molar refractivity (Wildman–Crippen MR) is 112 cm³/mol. The van der Waals surface area contributed by atoms with Crippen molar-refractivity contribution in [1.29, 1.82) is 0 Å². The van der Waals surface area contributed by atoms with Crippen molar-refractivity contribution in [2.45, 2.75) is 31.7 Å². The number of furan rings is 1. The lowest BCUT2D eigenvalue weighted by Gasteiger charge is -2.21. The molecule has 0 saturated heterocycles. The molecule has 3 rings (SSSR count). The molecule has 7 heteroatoms. The topological polar surface area (TPSA) is 79.6 Å². The number of anilines is 1. The molecule has 0 atom stereocenters. The molecule has 0 bridgehead atoms. The van der Waals surface area contributed by atoms with Crippen LogP contribution in [0.25, 0.3) is 0 Å². The quantitative estimate of drug-likeness (QED) is 0.607. The van der Waals surface area contributed by atoms with Crippen LogP contribution in [-0.2, 0) is 27.8 Å². The lowest BCUT2D eigenvalue weighted by molar-refractivity contribution is -0.116. The van der Waals surface area contributed by atoms with Crippen LogP contribution in [0.5, 0.6) is 0 Å². The molecular formula is C22H24N2O4S. The van der Waals surface area contributed by atoms with Crippen molar-refractivity contribution < 1.29 is 17.6 Å². The second-order valence-corrected chi connectivity index (χ2v) is 8.70. The number of carbonyl (C=O) groups excluding carboxylic acids is 1. The Bertz CT molecular complexity index is 1040. The summed E-state index contributed by atoms with van der Waals surface area (Å²) in [5.41, 5.74) is 2.73. The van der Waals surface area contributed by atoms with Gasteiger partial charge in [0.25, 0.3) is 0 Å². The van der Waals surface area contributed by atoms with Crippen LogP contribution in [0.2, 0.25) is 0 Å². The van der Waals surface area contributed by atoms with Crippen molar-refractivity contribution >= 4 is 21.6 Å². The third-order valence-corrected chi connectivity index (χ3v) is 6.34. The van der Waals surface area contributed by atoms with Crippen LogP contribution in [0.3, 0.4) is 0 Å². The zero-order valence-electron chi connectivity index (χ0n) is 16.5. The summed E-state index contributed by atoms with van der Waals surface area (Å²) >= 11 is 0. The fraction of sp³-hybridized carbons (Fsp3) is 0.227. The van der Waals surface area contributed by atoms with Crippen LogP contribution < -0.4 is 5.32 Å². The number of benzene rings is 2. The van der Waals surface area contributed by atoms with Crippen molar-refractivity contribution in [2.75, 3.05) is 11.9 Å². The minimum atomic E-state index is -3.88. The number of aryl methyl sites for hydroxylation is 2. The van der Waals surface area contributed by atoms with Crippen molar-refractivity contribution in [1.82, 2.24) is 4.31 Å². The first-order valence-corrected chi connectivity index (χ1v) is 10.8. The van der Waals surface area contributed by atoms with Crippen LogP contribution in [0, 0.1) is 6.92 Å². The van der Waals surface area contributed by atoms with E-state index in [1.165, 1.54) is 6.26 Å². The first-order chi connectivity index (χ1) is 13.9. The summed E-state index contributed by atoms with van der Waals surface area (Å²) < 4.78 is 32.7. The third kappa shape index (κ3) is 5.34. The molecule has 0 fully saturated rings. The lowest BCUT2D eigenvalue weighted by Crippen LogP contribution is -2.37. The number of hydrogen-bond acceptors (Lipinski definition) is 4. The summed E-state index contributed by atoms with van der Waals surface area (Å²) in [6, 6.07) is 17.4. The van der Waals surface area contributed by atoms with Gasteiger partial charge in [-0.15, -0.1) is 0 Å². The minimum absolute atomic E-state index is 0.0363. The first-order valence-electron chi connectivity index (χ1n) is 9.36. The van der Waals surface area contributed by atoms with Gasteiger partial charge in [0.1, 0.15) is 5.76 Å². The van der Waals surface area contributed by atoms with E-state index in [9.17, 15) is 13.2 Å². The molecule has 1 amide bonds. The largest absolute Gasteiger partial charge is 0.468 e. The molecule has 152 valence electrons. The Morgan fingerprint density at radius 3 is 2.31 bits per heavy atom. The van der Waals surface area contributed by atoms with E-state index in [0.29, 0.717) is 11.4 Å². The second kappa shape index (κ2) is 9.07. The second-order valence-electron chi connectivity index (χ2n) is 6.76. The Kier molecular flexibility index (Phi) is 6.51. The van der Waals surface area contributed by atoms with Gasteiger partial charge in [0.05, 0.1) is 24.2 Å². The number of hydrogen-bond donors (Lipinski definition) is 1. The number of rotatable bonds is 8. The SMILES string of the molecule is CCc1ccc(NC(=O)CN(Cc2ccco2)S(=O)(=O)c2ccc(C)cc2)cc1. The predicted octanol–water partition coefficient (Wildman–Crippen LogP) is 3.98. The van der Waals surface area contributed by atoms with Crippen LogP contribution >= 0.6 is 0 Å². The van der Waals surface area contributed by atoms with E-state index in [0.717, 1.165) is 21.9 Å². The van der Waals surface area contributed by atoms with Gasteiger partial charge in [-0.3, -0.25) is 4.79 Å². The summed E-state index contributed by atoms with van der Waals surface area (Å²) in [5.74, 6) is 0.0391. The molecule has 2 aromatic carbocycles. The maximum Gasteiger partial charge on any atom is 0.243 e. The van der Waals surface area contributed by atoms with Crippen molar-refractivity contribution in [3.05, 3.63) is 83.8 Å². The van der Waals surface area contributed by atoms with Gasteiger partial charge in [-0.05, 0) is 55.3 Å². The van der Waals surface area contributed by atoms with Gasteiger partial charge >= 0.3 is 0 Å². The Labute approximate surface area is 171 Å². The van der Waals surface area contributed by atoms with Gasteiger partial charge in [-0.25, -0.2) is 8.42 Å². The zero-order valence-corrected chi connectivity index (χ0v) is 17.3. The lowest BCUT2D eigenvalue weighted by atomic mass is 10.1. The van der Waals surface area contributed by atoms with Crippen molar-refractivity contribution in [2.24, 2.45) is 0 Å². The van der Waals surface area contributed by atoms with Gasteiger partial charge in [-0.2, -0.15) is 4.31 Å². The van der Waals surface area contributed by atoms with Crippen LogP contribution in [0.1, 0.15) is 23.8 Å². The van der Waals surface area contributed by atoms with Crippen LogP contribution in [0.15, 0.2) is 76.2 Å². The normalized spacial score (nSPS) is 11.6. The molecule has 3 aromatic rings. The molecule has 29 heavy (non-hydrogen) atoms. The summed E-state index contributed by atoms with van der Waals surface area (Å²) in [6.45, 7) is 3.57.